The van der Waals surface area contributed by atoms with E-state index in [9.17, 15) is 14.0 Å². The van der Waals surface area contributed by atoms with E-state index in [0.29, 0.717) is 13.0 Å². The molecule has 0 heterocycles. The van der Waals surface area contributed by atoms with Gasteiger partial charge in [0.25, 0.3) is 0 Å². The SMILES string of the molecule is COCCCC(NC(=O)Nc1ccc(Cl)cc1F)C(=O)O. The Morgan fingerprint density at radius 2 is 2.19 bits per heavy atom. The van der Waals surface area contributed by atoms with Crippen molar-refractivity contribution in [3.63, 3.8) is 0 Å². The molecule has 8 heteroatoms. The van der Waals surface area contributed by atoms with Crippen molar-refractivity contribution in [1.82, 2.24) is 5.32 Å². The third kappa shape index (κ3) is 5.97. The van der Waals surface area contributed by atoms with Crippen LogP contribution in [0.3, 0.4) is 0 Å². The highest BCUT2D eigenvalue weighted by atomic mass is 35.5. The maximum absolute atomic E-state index is 13.5. The molecule has 0 bridgehead atoms. The molecule has 0 saturated heterocycles. The number of halogens is 2. The third-order valence-electron chi connectivity index (χ3n) is 2.62. The Balaban J connectivity index is 2.59. The lowest BCUT2D eigenvalue weighted by atomic mass is 10.1. The van der Waals surface area contributed by atoms with Crippen LogP contribution >= 0.6 is 11.6 Å². The van der Waals surface area contributed by atoms with Crippen LogP contribution in [-0.2, 0) is 9.53 Å². The lowest BCUT2D eigenvalue weighted by Gasteiger charge is -2.15. The van der Waals surface area contributed by atoms with Crippen molar-refractivity contribution in [2.24, 2.45) is 0 Å². The molecule has 0 aliphatic carbocycles. The summed E-state index contributed by atoms with van der Waals surface area (Å²) in [5.41, 5.74) is -0.0852. The molecule has 1 aromatic rings. The summed E-state index contributed by atoms with van der Waals surface area (Å²) in [5.74, 6) is -1.87. The van der Waals surface area contributed by atoms with Crippen LogP contribution < -0.4 is 10.6 Å². The number of anilines is 1. The van der Waals surface area contributed by atoms with Gasteiger partial charge in [-0.2, -0.15) is 0 Å². The quantitative estimate of drug-likeness (QED) is 0.674. The van der Waals surface area contributed by atoms with Gasteiger partial charge in [0.1, 0.15) is 11.9 Å². The fourth-order valence-electron chi connectivity index (χ4n) is 1.60. The summed E-state index contributed by atoms with van der Waals surface area (Å²) in [4.78, 5) is 22.7. The van der Waals surface area contributed by atoms with Crippen molar-refractivity contribution >= 4 is 29.3 Å². The van der Waals surface area contributed by atoms with Crippen molar-refractivity contribution in [1.29, 1.82) is 0 Å². The van der Waals surface area contributed by atoms with Gasteiger partial charge in [-0.1, -0.05) is 11.6 Å². The Hall–Kier alpha value is -1.86. The summed E-state index contributed by atoms with van der Waals surface area (Å²) >= 11 is 5.59. The number of hydrogen-bond acceptors (Lipinski definition) is 3. The van der Waals surface area contributed by atoms with E-state index in [1.807, 2.05) is 0 Å². The number of carbonyl (C=O) groups excluding carboxylic acids is 1. The second-order valence-corrected chi connectivity index (χ2v) is 4.68. The van der Waals surface area contributed by atoms with Crippen LogP contribution in [0, 0.1) is 5.82 Å². The Morgan fingerprint density at radius 1 is 1.48 bits per heavy atom. The lowest BCUT2D eigenvalue weighted by molar-refractivity contribution is -0.139. The van der Waals surface area contributed by atoms with Gasteiger partial charge in [-0.15, -0.1) is 0 Å². The highest BCUT2D eigenvalue weighted by molar-refractivity contribution is 6.30. The number of carbonyl (C=O) groups is 2. The largest absolute Gasteiger partial charge is 0.480 e. The van der Waals surface area contributed by atoms with Crippen molar-refractivity contribution in [2.75, 3.05) is 19.0 Å². The molecule has 0 fully saturated rings. The number of urea groups is 1. The first-order valence-corrected chi connectivity index (χ1v) is 6.56. The van der Waals surface area contributed by atoms with E-state index >= 15 is 0 Å². The van der Waals surface area contributed by atoms with E-state index in [2.05, 4.69) is 10.6 Å². The Kier molecular flexibility index (Phi) is 6.90. The Morgan fingerprint density at radius 3 is 2.76 bits per heavy atom. The summed E-state index contributed by atoms with van der Waals surface area (Å²) in [6, 6.07) is 1.87. The fraction of sp³-hybridized carbons (Fsp3) is 0.385. The maximum Gasteiger partial charge on any atom is 0.326 e. The highest BCUT2D eigenvalue weighted by Crippen LogP contribution is 2.18. The van der Waals surface area contributed by atoms with Gasteiger partial charge in [0.05, 0.1) is 5.69 Å². The predicted molar refractivity (Wildman–Crippen MR) is 76.1 cm³/mol. The average Bonchev–Trinajstić information content (AvgIpc) is 2.41. The first-order chi connectivity index (χ1) is 9.93. The van der Waals surface area contributed by atoms with Crippen LogP contribution in [0.25, 0.3) is 0 Å². The number of methoxy groups -OCH3 is 1. The molecule has 0 radical (unpaired) electrons. The summed E-state index contributed by atoms with van der Waals surface area (Å²) < 4.78 is 18.3. The maximum atomic E-state index is 13.5. The molecule has 0 aliphatic rings. The van der Waals surface area contributed by atoms with Gasteiger partial charge in [-0.3, -0.25) is 0 Å². The van der Waals surface area contributed by atoms with E-state index in [1.54, 1.807) is 0 Å². The van der Waals surface area contributed by atoms with Crippen LogP contribution in [0.15, 0.2) is 18.2 Å². The Bertz CT molecular complexity index is 513. The summed E-state index contributed by atoms with van der Waals surface area (Å²) in [5, 5.41) is 13.7. The molecule has 6 nitrogen and oxygen atoms in total. The molecule has 0 spiro atoms. The van der Waals surface area contributed by atoms with Gasteiger partial charge in [0.15, 0.2) is 0 Å². The van der Waals surface area contributed by atoms with Gasteiger partial charge in [-0.05, 0) is 31.0 Å². The molecule has 3 N–H and O–H groups in total. The number of benzene rings is 1. The molecule has 1 aromatic carbocycles. The lowest BCUT2D eigenvalue weighted by Crippen LogP contribution is -2.43. The minimum atomic E-state index is -1.17. The van der Waals surface area contributed by atoms with Gasteiger partial charge in [0, 0.05) is 18.7 Å². The van der Waals surface area contributed by atoms with Crippen molar-refractivity contribution in [3.05, 3.63) is 29.0 Å². The standard InChI is InChI=1S/C13H16ClFN2O4/c1-21-6-2-3-11(12(18)19)17-13(20)16-10-5-4-8(14)7-9(10)15/h4-5,7,11H,2-3,6H2,1H3,(H,18,19)(H2,16,17,20). The monoisotopic (exact) mass is 318 g/mol. The van der Waals surface area contributed by atoms with E-state index in [1.165, 1.54) is 19.2 Å². The normalized spacial score (nSPS) is 11.8. The second kappa shape index (κ2) is 8.43. The molecule has 1 rings (SSSR count). The number of rotatable bonds is 7. The minimum absolute atomic E-state index is 0.0852. The summed E-state index contributed by atoms with van der Waals surface area (Å²) in [6.07, 6.45) is 0.683. The van der Waals surface area contributed by atoms with E-state index < -0.39 is 23.9 Å². The molecule has 1 unspecified atom stereocenters. The minimum Gasteiger partial charge on any atom is -0.480 e. The number of ether oxygens (including phenoxy) is 1. The van der Waals surface area contributed by atoms with Gasteiger partial charge < -0.3 is 20.5 Å². The molecule has 0 aliphatic heterocycles. The molecule has 0 aromatic heterocycles. The van der Waals surface area contributed by atoms with E-state index in [4.69, 9.17) is 21.4 Å². The smallest absolute Gasteiger partial charge is 0.326 e. The third-order valence-corrected chi connectivity index (χ3v) is 2.86. The van der Waals surface area contributed by atoms with E-state index in [-0.39, 0.29) is 17.1 Å². The zero-order chi connectivity index (χ0) is 15.8. The van der Waals surface area contributed by atoms with Crippen LogP contribution in [-0.4, -0.2) is 36.9 Å². The van der Waals surface area contributed by atoms with Crippen molar-refractivity contribution in [3.8, 4) is 0 Å². The topological polar surface area (TPSA) is 87.7 Å². The van der Waals surface area contributed by atoms with Crippen molar-refractivity contribution < 1.29 is 23.8 Å². The predicted octanol–water partition coefficient (Wildman–Crippen LogP) is 2.48. The Labute approximate surface area is 126 Å². The average molecular weight is 319 g/mol. The molecule has 21 heavy (non-hydrogen) atoms. The van der Waals surface area contributed by atoms with E-state index in [0.717, 1.165) is 6.07 Å². The zero-order valence-electron chi connectivity index (χ0n) is 11.4. The summed E-state index contributed by atoms with van der Waals surface area (Å²) in [6.45, 7) is 0.388. The highest BCUT2D eigenvalue weighted by Gasteiger charge is 2.20. The van der Waals surface area contributed by atoms with Crippen LogP contribution in [0.5, 0.6) is 0 Å². The number of nitrogens with one attached hydrogen (secondary N) is 2. The van der Waals surface area contributed by atoms with Gasteiger partial charge >= 0.3 is 12.0 Å². The van der Waals surface area contributed by atoms with Crippen molar-refractivity contribution in [2.45, 2.75) is 18.9 Å². The van der Waals surface area contributed by atoms with Gasteiger partial charge in [0.2, 0.25) is 0 Å². The number of carboxylic acid groups (broad SMARTS) is 1. The fourth-order valence-corrected chi connectivity index (χ4v) is 1.76. The number of aliphatic carboxylic acids is 1. The first-order valence-electron chi connectivity index (χ1n) is 6.18. The summed E-state index contributed by atoms with van der Waals surface area (Å²) in [7, 11) is 1.50. The molecular formula is C13H16ClFN2O4. The van der Waals surface area contributed by atoms with Crippen LogP contribution in [0.2, 0.25) is 5.02 Å². The number of carboxylic acids is 1. The second-order valence-electron chi connectivity index (χ2n) is 4.25. The molecule has 0 saturated carbocycles. The number of amides is 2. The molecular weight excluding hydrogens is 303 g/mol. The zero-order valence-corrected chi connectivity index (χ0v) is 12.1. The van der Waals surface area contributed by atoms with Gasteiger partial charge in [-0.25, -0.2) is 14.0 Å². The molecule has 2 amide bonds. The first kappa shape index (κ1) is 17.2. The van der Waals surface area contributed by atoms with Crippen LogP contribution in [0.4, 0.5) is 14.9 Å². The number of hydrogen-bond donors (Lipinski definition) is 3. The van der Waals surface area contributed by atoms with Crippen LogP contribution in [0.1, 0.15) is 12.8 Å². The molecule has 116 valence electrons. The molecule has 1 atom stereocenters.